The molecule has 0 amide bonds. The Hall–Kier alpha value is -2.23. The molecular weight excluding hydrogens is 216 g/mol. The Balaban J connectivity index is 2.39. The fourth-order valence-electron chi connectivity index (χ4n) is 1.97. The number of hydrogen-bond acceptors (Lipinski definition) is 2. The van der Waals surface area contributed by atoms with Gasteiger partial charge >= 0.3 is 5.69 Å². The molecule has 3 aromatic rings. The highest BCUT2D eigenvalue weighted by atomic mass is 16.4. The van der Waals surface area contributed by atoms with Gasteiger partial charge in [0.05, 0.1) is 11.0 Å². The van der Waals surface area contributed by atoms with Gasteiger partial charge in [0.2, 0.25) is 5.88 Å². The first kappa shape index (κ1) is 9.96. The summed E-state index contributed by atoms with van der Waals surface area (Å²) in [5.41, 5.74) is 2.58. The molecule has 1 aromatic carbocycles. The number of H-pyrrole nitrogens is 1. The number of benzene rings is 1. The van der Waals surface area contributed by atoms with Crippen molar-refractivity contribution in [2.75, 3.05) is 0 Å². The number of fused-ring (bicyclic) bond motifs is 1. The van der Waals surface area contributed by atoms with Crippen LogP contribution in [-0.2, 0) is 0 Å². The van der Waals surface area contributed by atoms with Crippen LogP contribution in [0.1, 0.15) is 11.3 Å². The average Bonchev–Trinajstić information content (AvgIpc) is 2.81. The van der Waals surface area contributed by atoms with E-state index in [1.54, 1.807) is 10.6 Å². The summed E-state index contributed by atoms with van der Waals surface area (Å²) >= 11 is 0. The van der Waals surface area contributed by atoms with Crippen LogP contribution >= 0.6 is 0 Å². The molecule has 3 rings (SSSR count). The second-order valence-corrected chi connectivity index (χ2v) is 4.17. The van der Waals surface area contributed by atoms with Crippen LogP contribution in [0.4, 0.5) is 0 Å². The summed E-state index contributed by atoms with van der Waals surface area (Å²) in [5, 5.41) is 0. The van der Waals surface area contributed by atoms with E-state index >= 15 is 0 Å². The monoisotopic (exact) mass is 228 g/mol. The Morgan fingerprint density at radius 3 is 2.71 bits per heavy atom. The van der Waals surface area contributed by atoms with Gasteiger partial charge in [-0.2, -0.15) is 0 Å². The smallest absolute Gasteiger partial charge is 0.333 e. The van der Waals surface area contributed by atoms with Crippen LogP contribution < -0.4 is 5.69 Å². The molecule has 0 atom stereocenters. The van der Waals surface area contributed by atoms with Gasteiger partial charge in [-0.1, -0.05) is 6.07 Å². The third-order valence-electron chi connectivity index (χ3n) is 2.79. The van der Waals surface area contributed by atoms with E-state index < -0.39 is 0 Å². The molecule has 4 nitrogen and oxygen atoms in total. The molecule has 2 heterocycles. The van der Waals surface area contributed by atoms with Gasteiger partial charge in [0.25, 0.3) is 0 Å². The standard InChI is InChI=1S/C13H12N2O2/c1-8-3-5-10-11(7-8)15(13(16)14-10)12-6-4-9(2)17-12/h3-7H,1-2H3,(H,14,16). The van der Waals surface area contributed by atoms with Gasteiger partial charge in [-0.25, -0.2) is 9.36 Å². The molecule has 1 N–H and O–H groups in total. The van der Waals surface area contributed by atoms with Crippen molar-refractivity contribution in [1.82, 2.24) is 9.55 Å². The van der Waals surface area contributed by atoms with E-state index in [2.05, 4.69) is 4.98 Å². The van der Waals surface area contributed by atoms with Gasteiger partial charge in [0, 0.05) is 6.07 Å². The van der Waals surface area contributed by atoms with Crippen molar-refractivity contribution in [3.05, 3.63) is 52.1 Å². The second-order valence-electron chi connectivity index (χ2n) is 4.17. The average molecular weight is 228 g/mol. The number of aromatic amines is 1. The molecular formula is C13H12N2O2. The van der Waals surface area contributed by atoms with Crippen molar-refractivity contribution in [2.45, 2.75) is 13.8 Å². The predicted octanol–water partition coefficient (Wildman–Crippen LogP) is 2.53. The largest absolute Gasteiger partial charge is 0.445 e. The highest BCUT2D eigenvalue weighted by Gasteiger charge is 2.11. The molecule has 0 unspecified atom stereocenters. The van der Waals surface area contributed by atoms with Crippen molar-refractivity contribution in [3.63, 3.8) is 0 Å². The molecule has 0 aliphatic rings. The van der Waals surface area contributed by atoms with Crippen LogP contribution in [-0.4, -0.2) is 9.55 Å². The normalized spacial score (nSPS) is 11.2. The third-order valence-corrected chi connectivity index (χ3v) is 2.79. The lowest BCUT2D eigenvalue weighted by atomic mass is 10.2. The minimum absolute atomic E-state index is 0.181. The molecule has 2 aromatic heterocycles. The van der Waals surface area contributed by atoms with Gasteiger partial charge in [0.15, 0.2) is 0 Å². The molecule has 86 valence electrons. The zero-order valence-electron chi connectivity index (χ0n) is 9.65. The first-order chi connectivity index (χ1) is 8.15. The number of hydrogen-bond donors (Lipinski definition) is 1. The molecule has 4 heteroatoms. The summed E-state index contributed by atoms with van der Waals surface area (Å²) in [6.45, 7) is 3.85. The van der Waals surface area contributed by atoms with E-state index in [0.717, 1.165) is 22.4 Å². The van der Waals surface area contributed by atoms with E-state index in [0.29, 0.717) is 5.88 Å². The Morgan fingerprint density at radius 2 is 2.00 bits per heavy atom. The van der Waals surface area contributed by atoms with E-state index in [4.69, 9.17) is 4.42 Å². The molecule has 0 saturated carbocycles. The molecule has 0 aliphatic heterocycles. The van der Waals surface area contributed by atoms with E-state index in [1.165, 1.54) is 0 Å². The van der Waals surface area contributed by atoms with Gasteiger partial charge in [-0.15, -0.1) is 0 Å². The zero-order chi connectivity index (χ0) is 12.0. The number of aromatic nitrogens is 2. The van der Waals surface area contributed by atoms with Crippen LogP contribution in [0.5, 0.6) is 0 Å². The van der Waals surface area contributed by atoms with Gasteiger partial charge < -0.3 is 9.40 Å². The topological polar surface area (TPSA) is 50.9 Å². The number of furan rings is 1. The first-order valence-corrected chi connectivity index (χ1v) is 5.43. The van der Waals surface area contributed by atoms with Crippen molar-refractivity contribution in [2.24, 2.45) is 0 Å². The highest BCUT2D eigenvalue weighted by Crippen LogP contribution is 2.18. The highest BCUT2D eigenvalue weighted by molar-refractivity contribution is 5.77. The minimum atomic E-state index is -0.181. The maximum Gasteiger partial charge on any atom is 0.333 e. The van der Waals surface area contributed by atoms with Crippen LogP contribution in [0.15, 0.2) is 39.5 Å². The maximum absolute atomic E-state index is 11.9. The van der Waals surface area contributed by atoms with Crippen molar-refractivity contribution in [3.8, 4) is 5.88 Å². The van der Waals surface area contributed by atoms with E-state index in [1.807, 2.05) is 38.1 Å². The molecule has 0 radical (unpaired) electrons. The van der Waals surface area contributed by atoms with Gasteiger partial charge in [-0.3, -0.25) is 0 Å². The van der Waals surface area contributed by atoms with Gasteiger partial charge in [-0.05, 0) is 37.6 Å². The summed E-state index contributed by atoms with van der Waals surface area (Å²) in [7, 11) is 0. The summed E-state index contributed by atoms with van der Waals surface area (Å²) in [5.74, 6) is 1.33. The number of nitrogens with zero attached hydrogens (tertiary/aromatic N) is 1. The summed E-state index contributed by atoms with van der Waals surface area (Å²) in [4.78, 5) is 14.7. The first-order valence-electron chi connectivity index (χ1n) is 5.43. The Bertz CT molecular complexity index is 746. The lowest BCUT2D eigenvalue weighted by molar-refractivity contribution is 0.510. The molecule has 0 bridgehead atoms. The van der Waals surface area contributed by atoms with Crippen molar-refractivity contribution >= 4 is 11.0 Å². The fourth-order valence-corrected chi connectivity index (χ4v) is 1.97. The quantitative estimate of drug-likeness (QED) is 0.695. The van der Waals surface area contributed by atoms with Crippen molar-refractivity contribution in [1.29, 1.82) is 0 Å². The molecule has 0 fully saturated rings. The SMILES string of the molecule is Cc1ccc2[nH]c(=O)n(-c3ccc(C)o3)c2c1. The molecule has 0 aliphatic carbocycles. The Morgan fingerprint density at radius 1 is 1.18 bits per heavy atom. The number of rotatable bonds is 1. The molecule has 0 saturated heterocycles. The summed E-state index contributed by atoms with van der Waals surface area (Å²) < 4.78 is 7.05. The lowest BCUT2D eigenvalue weighted by Gasteiger charge is -1.99. The Labute approximate surface area is 97.5 Å². The Kier molecular flexibility index (Phi) is 1.98. The predicted molar refractivity (Wildman–Crippen MR) is 65.6 cm³/mol. The zero-order valence-corrected chi connectivity index (χ0v) is 9.65. The van der Waals surface area contributed by atoms with E-state index in [-0.39, 0.29) is 5.69 Å². The molecule has 0 spiro atoms. The van der Waals surface area contributed by atoms with Crippen LogP contribution in [0, 0.1) is 13.8 Å². The fraction of sp³-hybridized carbons (Fsp3) is 0.154. The second kappa shape index (κ2) is 3.38. The van der Waals surface area contributed by atoms with Crippen LogP contribution in [0.2, 0.25) is 0 Å². The van der Waals surface area contributed by atoms with Crippen molar-refractivity contribution < 1.29 is 4.42 Å². The van der Waals surface area contributed by atoms with E-state index in [9.17, 15) is 4.79 Å². The van der Waals surface area contributed by atoms with Crippen LogP contribution in [0.3, 0.4) is 0 Å². The summed E-state index contributed by atoms with van der Waals surface area (Å²) in [6.07, 6.45) is 0. The number of imidazole rings is 1. The van der Waals surface area contributed by atoms with Gasteiger partial charge in [0.1, 0.15) is 5.76 Å². The summed E-state index contributed by atoms with van der Waals surface area (Å²) in [6, 6.07) is 9.47. The molecule has 17 heavy (non-hydrogen) atoms. The lowest BCUT2D eigenvalue weighted by Crippen LogP contribution is -2.13. The van der Waals surface area contributed by atoms with Crippen LogP contribution in [0.25, 0.3) is 16.9 Å². The number of aryl methyl sites for hydroxylation is 2. The minimum Gasteiger partial charge on any atom is -0.445 e. The number of nitrogens with one attached hydrogen (secondary N) is 1. The third kappa shape index (κ3) is 1.49. The maximum atomic E-state index is 11.9.